The maximum atomic E-state index is 12.9. The van der Waals surface area contributed by atoms with Crippen LogP contribution in [0.25, 0.3) is 0 Å². The van der Waals surface area contributed by atoms with Gasteiger partial charge in [0, 0.05) is 6.07 Å². The van der Waals surface area contributed by atoms with Gasteiger partial charge in [-0.3, -0.25) is 19.7 Å². The average molecular weight is 444 g/mol. The second-order valence-electron chi connectivity index (χ2n) is 8.62. The van der Waals surface area contributed by atoms with E-state index in [-0.39, 0.29) is 27.8 Å². The standard InChI is InChI=1S/C25H20N2O6/c1-25(2,3)16-10-12-18(13-11-16)33-24(30)15-6-4-7-17(14-15)26-22(28)19-8-5-9-20(27(31)32)21(19)23(26)29/h4-14H,1-3H3. The Labute approximate surface area is 189 Å². The molecule has 0 N–H and O–H groups in total. The molecule has 1 heterocycles. The number of ether oxygens (including phenoxy) is 1. The SMILES string of the molecule is CC(C)(C)c1ccc(OC(=O)c2cccc(N3C(=O)c4cccc([N+](=O)[O-])c4C3=O)c2)cc1. The predicted molar refractivity (Wildman–Crippen MR) is 121 cm³/mol. The number of nitro benzene ring substituents is 1. The molecule has 0 unspecified atom stereocenters. The zero-order chi connectivity index (χ0) is 23.9. The van der Waals surface area contributed by atoms with Gasteiger partial charge in [0.15, 0.2) is 0 Å². The van der Waals surface area contributed by atoms with Crippen molar-refractivity contribution in [1.82, 2.24) is 0 Å². The molecular weight excluding hydrogens is 424 g/mol. The molecule has 0 fully saturated rings. The largest absolute Gasteiger partial charge is 0.423 e. The van der Waals surface area contributed by atoms with Gasteiger partial charge in [-0.15, -0.1) is 0 Å². The van der Waals surface area contributed by atoms with E-state index in [2.05, 4.69) is 20.8 Å². The van der Waals surface area contributed by atoms with Crippen LogP contribution in [0.3, 0.4) is 0 Å². The van der Waals surface area contributed by atoms with Crippen LogP contribution in [-0.2, 0) is 5.41 Å². The fourth-order valence-corrected chi connectivity index (χ4v) is 3.62. The number of hydrogen-bond donors (Lipinski definition) is 0. The molecule has 3 aromatic carbocycles. The maximum Gasteiger partial charge on any atom is 0.343 e. The van der Waals surface area contributed by atoms with Gasteiger partial charge in [-0.05, 0) is 47.4 Å². The molecule has 1 aliphatic heterocycles. The molecule has 0 saturated heterocycles. The lowest BCUT2D eigenvalue weighted by molar-refractivity contribution is -0.385. The fraction of sp³-hybridized carbons (Fsp3) is 0.160. The smallest absolute Gasteiger partial charge is 0.343 e. The minimum atomic E-state index is -0.814. The Hall–Kier alpha value is -4.33. The molecule has 2 amide bonds. The second-order valence-corrected chi connectivity index (χ2v) is 8.62. The summed E-state index contributed by atoms with van der Waals surface area (Å²) in [4.78, 5) is 49.9. The normalized spacial score (nSPS) is 13.1. The van der Waals surface area contributed by atoms with Crippen LogP contribution >= 0.6 is 0 Å². The molecule has 33 heavy (non-hydrogen) atoms. The van der Waals surface area contributed by atoms with Crippen molar-refractivity contribution in [3.63, 3.8) is 0 Å². The Balaban J connectivity index is 1.60. The van der Waals surface area contributed by atoms with Gasteiger partial charge in [0.2, 0.25) is 0 Å². The van der Waals surface area contributed by atoms with Crippen molar-refractivity contribution >= 4 is 29.2 Å². The monoisotopic (exact) mass is 444 g/mol. The van der Waals surface area contributed by atoms with Crippen LogP contribution in [-0.4, -0.2) is 22.7 Å². The first-order valence-electron chi connectivity index (χ1n) is 10.2. The number of nitro groups is 1. The summed E-state index contributed by atoms with van der Waals surface area (Å²) in [5, 5.41) is 11.3. The Morgan fingerprint density at radius 3 is 2.24 bits per heavy atom. The lowest BCUT2D eigenvalue weighted by Gasteiger charge is -2.19. The first-order chi connectivity index (χ1) is 15.6. The van der Waals surface area contributed by atoms with Crippen molar-refractivity contribution in [2.24, 2.45) is 0 Å². The summed E-state index contributed by atoms with van der Waals surface area (Å²) in [6.07, 6.45) is 0. The molecule has 0 bridgehead atoms. The first-order valence-corrected chi connectivity index (χ1v) is 10.2. The number of benzene rings is 3. The highest BCUT2D eigenvalue weighted by Crippen LogP contribution is 2.34. The molecule has 0 aliphatic carbocycles. The quantitative estimate of drug-likeness (QED) is 0.186. The van der Waals surface area contributed by atoms with Gasteiger partial charge < -0.3 is 4.74 Å². The van der Waals surface area contributed by atoms with Crippen molar-refractivity contribution in [2.45, 2.75) is 26.2 Å². The summed E-state index contributed by atoms with van der Waals surface area (Å²) >= 11 is 0. The van der Waals surface area contributed by atoms with E-state index in [0.717, 1.165) is 10.5 Å². The molecule has 8 nitrogen and oxygen atoms in total. The number of amides is 2. The van der Waals surface area contributed by atoms with E-state index in [1.807, 2.05) is 12.1 Å². The van der Waals surface area contributed by atoms with Gasteiger partial charge in [0.05, 0.1) is 21.7 Å². The van der Waals surface area contributed by atoms with Gasteiger partial charge in [0.1, 0.15) is 11.3 Å². The summed E-state index contributed by atoms with van der Waals surface area (Å²) in [5.41, 5.74) is 0.525. The van der Waals surface area contributed by atoms with E-state index in [9.17, 15) is 24.5 Å². The van der Waals surface area contributed by atoms with Crippen LogP contribution in [0, 0.1) is 10.1 Å². The zero-order valence-corrected chi connectivity index (χ0v) is 18.2. The number of nitrogens with zero attached hydrogens (tertiary/aromatic N) is 2. The van der Waals surface area contributed by atoms with Gasteiger partial charge in [-0.25, -0.2) is 9.69 Å². The fourth-order valence-electron chi connectivity index (χ4n) is 3.62. The summed E-state index contributed by atoms with van der Waals surface area (Å²) in [5.74, 6) is -1.81. The first kappa shape index (κ1) is 21.9. The number of carbonyl (C=O) groups excluding carboxylic acids is 3. The maximum absolute atomic E-state index is 12.9. The molecule has 0 atom stereocenters. The number of fused-ring (bicyclic) bond motifs is 1. The lowest BCUT2D eigenvalue weighted by atomic mass is 9.87. The minimum absolute atomic E-state index is 0.0433. The number of hydrogen-bond acceptors (Lipinski definition) is 6. The number of carbonyl (C=O) groups is 3. The number of imide groups is 1. The topological polar surface area (TPSA) is 107 Å². The minimum Gasteiger partial charge on any atom is -0.423 e. The molecule has 0 saturated carbocycles. The third-order valence-electron chi connectivity index (χ3n) is 5.36. The molecule has 166 valence electrons. The van der Waals surface area contributed by atoms with Crippen molar-refractivity contribution in [3.05, 3.63) is 99.1 Å². The molecular formula is C25H20N2O6. The van der Waals surface area contributed by atoms with Crippen molar-refractivity contribution < 1.29 is 24.0 Å². The third kappa shape index (κ3) is 3.98. The summed E-state index contributed by atoms with van der Waals surface area (Å²) in [6.45, 7) is 6.23. The van der Waals surface area contributed by atoms with E-state index < -0.39 is 28.4 Å². The van der Waals surface area contributed by atoms with E-state index in [4.69, 9.17) is 4.74 Å². The number of rotatable bonds is 4. The van der Waals surface area contributed by atoms with E-state index in [0.29, 0.717) is 5.75 Å². The Morgan fingerprint density at radius 1 is 0.939 bits per heavy atom. The van der Waals surface area contributed by atoms with E-state index >= 15 is 0 Å². The van der Waals surface area contributed by atoms with E-state index in [1.54, 1.807) is 12.1 Å². The van der Waals surface area contributed by atoms with Crippen LogP contribution in [0.2, 0.25) is 0 Å². The molecule has 3 aromatic rings. The van der Waals surface area contributed by atoms with Crippen molar-refractivity contribution in [1.29, 1.82) is 0 Å². The van der Waals surface area contributed by atoms with Crippen molar-refractivity contribution in [2.75, 3.05) is 4.90 Å². The highest BCUT2D eigenvalue weighted by atomic mass is 16.6. The Kier molecular flexibility index (Phi) is 5.29. The van der Waals surface area contributed by atoms with Crippen LogP contribution in [0.5, 0.6) is 5.75 Å². The molecule has 0 radical (unpaired) electrons. The highest BCUT2D eigenvalue weighted by molar-refractivity contribution is 6.35. The van der Waals surface area contributed by atoms with E-state index in [1.165, 1.54) is 42.5 Å². The molecule has 0 spiro atoms. The van der Waals surface area contributed by atoms with Gasteiger partial charge in [-0.2, -0.15) is 0 Å². The zero-order valence-electron chi connectivity index (χ0n) is 18.2. The van der Waals surface area contributed by atoms with Crippen LogP contribution in [0.4, 0.5) is 11.4 Å². The molecule has 0 aromatic heterocycles. The molecule has 1 aliphatic rings. The van der Waals surface area contributed by atoms with Gasteiger partial charge in [-0.1, -0.05) is 45.0 Å². The van der Waals surface area contributed by atoms with Gasteiger partial charge >= 0.3 is 5.97 Å². The van der Waals surface area contributed by atoms with Crippen molar-refractivity contribution in [3.8, 4) is 5.75 Å². The molecule has 4 rings (SSSR count). The van der Waals surface area contributed by atoms with Crippen LogP contribution in [0.1, 0.15) is 57.4 Å². The molecule has 8 heteroatoms. The highest BCUT2D eigenvalue weighted by Gasteiger charge is 2.41. The third-order valence-corrected chi connectivity index (χ3v) is 5.36. The predicted octanol–water partition coefficient (Wildman–Crippen LogP) is 4.91. The Morgan fingerprint density at radius 2 is 1.61 bits per heavy atom. The van der Waals surface area contributed by atoms with Gasteiger partial charge in [0.25, 0.3) is 17.5 Å². The van der Waals surface area contributed by atoms with Crippen LogP contribution in [0.15, 0.2) is 66.7 Å². The summed E-state index contributed by atoms with van der Waals surface area (Å²) in [6, 6.07) is 16.9. The lowest BCUT2D eigenvalue weighted by Crippen LogP contribution is -2.29. The second kappa shape index (κ2) is 7.98. The van der Waals surface area contributed by atoms with Crippen LogP contribution < -0.4 is 9.64 Å². The Bertz CT molecular complexity index is 1310. The average Bonchev–Trinajstić information content (AvgIpc) is 3.03. The number of esters is 1. The summed E-state index contributed by atoms with van der Waals surface area (Å²) in [7, 11) is 0. The number of anilines is 1. The summed E-state index contributed by atoms with van der Waals surface area (Å²) < 4.78 is 5.44.